The molecule has 0 radical (unpaired) electrons. The van der Waals surface area contributed by atoms with Gasteiger partial charge in [0, 0.05) is 32.8 Å². The summed E-state index contributed by atoms with van der Waals surface area (Å²) in [6.07, 6.45) is 0. The van der Waals surface area contributed by atoms with Gasteiger partial charge in [0.1, 0.15) is 0 Å². The first-order chi connectivity index (χ1) is 20.6. The van der Waals surface area contributed by atoms with Crippen LogP contribution in [0.3, 0.4) is 0 Å². The molecule has 1 heterocycles. The van der Waals surface area contributed by atoms with E-state index in [9.17, 15) is 0 Å². The minimum atomic E-state index is -0.0897. The minimum Gasteiger partial charge on any atom is -0.308 e. The summed E-state index contributed by atoms with van der Waals surface area (Å²) in [5.74, 6) is 0. The van der Waals surface area contributed by atoms with E-state index in [-0.39, 0.29) is 5.41 Å². The summed E-state index contributed by atoms with van der Waals surface area (Å²) < 4.78 is 2.56. The molecule has 198 valence electrons. The molecule has 0 bridgehead atoms. The molecular formula is C41H29N. The van der Waals surface area contributed by atoms with Crippen LogP contribution in [-0.2, 0) is 5.41 Å². The standard InChI is InChI=1S/C41H29N/c1-41(2)35-20-9-8-19-33(35)38-37-29(16-11-21-36(37)41)25-34-32-23-22-27-14-6-7-18-31(27)39(32)42(40(34)38)30-17-10-15-28(24-30)26-12-4-3-5-13-26/h3-25H,1-2H3. The molecule has 0 amide bonds. The Morgan fingerprint density at radius 2 is 1.19 bits per heavy atom. The first kappa shape index (κ1) is 23.6. The lowest BCUT2D eigenvalue weighted by molar-refractivity contribution is 0.645. The Balaban J connectivity index is 1.54. The van der Waals surface area contributed by atoms with Crippen molar-refractivity contribution >= 4 is 43.4 Å². The highest BCUT2D eigenvalue weighted by Crippen LogP contribution is 2.53. The molecule has 1 aromatic heterocycles. The van der Waals surface area contributed by atoms with Gasteiger partial charge in [-0.3, -0.25) is 0 Å². The molecule has 0 atom stereocenters. The van der Waals surface area contributed by atoms with Crippen LogP contribution in [0.25, 0.3) is 71.3 Å². The van der Waals surface area contributed by atoms with Gasteiger partial charge in [-0.2, -0.15) is 0 Å². The summed E-state index contributed by atoms with van der Waals surface area (Å²) in [7, 11) is 0. The third kappa shape index (κ3) is 3.08. The fraction of sp³-hybridized carbons (Fsp3) is 0.0732. The summed E-state index contributed by atoms with van der Waals surface area (Å²) in [4.78, 5) is 0. The van der Waals surface area contributed by atoms with Crippen molar-refractivity contribution in [1.82, 2.24) is 4.57 Å². The largest absolute Gasteiger partial charge is 0.308 e. The molecule has 1 heteroatoms. The SMILES string of the molecule is CC1(C)c2ccccc2-c2c3c1cccc3cc1c3ccc4ccccc4c3n(-c3cccc(-c4ccccc4)c3)c21. The molecule has 0 fully saturated rings. The van der Waals surface area contributed by atoms with Crippen LogP contribution in [0.15, 0.2) is 140 Å². The average Bonchev–Trinajstić information content (AvgIpc) is 3.38. The van der Waals surface area contributed by atoms with Crippen LogP contribution in [0.2, 0.25) is 0 Å². The van der Waals surface area contributed by atoms with Crippen molar-refractivity contribution in [2.24, 2.45) is 0 Å². The van der Waals surface area contributed by atoms with Crippen molar-refractivity contribution in [3.8, 4) is 27.9 Å². The predicted octanol–water partition coefficient (Wildman–Crippen LogP) is 11.1. The van der Waals surface area contributed by atoms with E-state index >= 15 is 0 Å². The molecular weight excluding hydrogens is 506 g/mol. The Morgan fingerprint density at radius 3 is 2.10 bits per heavy atom. The van der Waals surface area contributed by atoms with Gasteiger partial charge in [0.25, 0.3) is 0 Å². The zero-order valence-corrected chi connectivity index (χ0v) is 23.7. The maximum absolute atomic E-state index is 2.56. The number of fused-ring (bicyclic) bond motifs is 8. The van der Waals surface area contributed by atoms with Gasteiger partial charge in [0.05, 0.1) is 11.0 Å². The molecule has 0 aliphatic heterocycles. The Labute approximate surface area is 245 Å². The van der Waals surface area contributed by atoms with Crippen molar-refractivity contribution in [1.29, 1.82) is 0 Å². The number of aromatic nitrogens is 1. The second-order valence-electron chi connectivity index (χ2n) is 12.2. The van der Waals surface area contributed by atoms with Crippen LogP contribution in [0, 0.1) is 0 Å². The lowest BCUT2D eigenvalue weighted by Gasteiger charge is -2.35. The zero-order chi connectivity index (χ0) is 28.0. The van der Waals surface area contributed by atoms with Crippen LogP contribution in [-0.4, -0.2) is 4.57 Å². The van der Waals surface area contributed by atoms with Gasteiger partial charge in [-0.15, -0.1) is 0 Å². The van der Waals surface area contributed by atoms with E-state index < -0.39 is 0 Å². The monoisotopic (exact) mass is 535 g/mol. The van der Waals surface area contributed by atoms with Crippen molar-refractivity contribution < 1.29 is 0 Å². The number of benzene rings is 7. The number of rotatable bonds is 2. The Hall–Kier alpha value is -5.14. The lowest BCUT2D eigenvalue weighted by atomic mass is 9.68. The predicted molar refractivity (Wildman–Crippen MR) is 179 cm³/mol. The van der Waals surface area contributed by atoms with Crippen LogP contribution in [0.5, 0.6) is 0 Å². The smallest absolute Gasteiger partial charge is 0.0626 e. The first-order valence-electron chi connectivity index (χ1n) is 14.8. The summed E-state index contributed by atoms with van der Waals surface area (Å²) in [6, 6.07) is 51.6. The van der Waals surface area contributed by atoms with Gasteiger partial charge in [-0.05, 0) is 62.2 Å². The molecule has 0 spiro atoms. The Bertz CT molecular complexity index is 2370. The van der Waals surface area contributed by atoms with Gasteiger partial charge < -0.3 is 4.57 Å². The second-order valence-corrected chi connectivity index (χ2v) is 12.2. The average molecular weight is 536 g/mol. The van der Waals surface area contributed by atoms with Crippen LogP contribution in [0.4, 0.5) is 0 Å². The summed E-state index contributed by atoms with van der Waals surface area (Å²) in [5.41, 5.74) is 11.6. The Morgan fingerprint density at radius 1 is 0.476 bits per heavy atom. The molecule has 0 N–H and O–H groups in total. The van der Waals surface area contributed by atoms with Crippen LogP contribution < -0.4 is 0 Å². The topological polar surface area (TPSA) is 4.93 Å². The quantitative estimate of drug-likeness (QED) is 0.207. The van der Waals surface area contributed by atoms with E-state index in [0.717, 1.165) is 0 Å². The van der Waals surface area contributed by atoms with Crippen molar-refractivity contribution in [3.63, 3.8) is 0 Å². The van der Waals surface area contributed by atoms with Gasteiger partial charge in [-0.25, -0.2) is 0 Å². The molecule has 42 heavy (non-hydrogen) atoms. The van der Waals surface area contributed by atoms with E-state index in [2.05, 4.69) is 158 Å². The minimum absolute atomic E-state index is 0.0897. The molecule has 0 saturated heterocycles. The van der Waals surface area contributed by atoms with Crippen LogP contribution >= 0.6 is 0 Å². The van der Waals surface area contributed by atoms with E-state index in [1.54, 1.807) is 0 Å². The van der Waals surface area contributed by atoms with Crippen LogP contribution in [0.1, 0.15) is 25.0 Å². The van der Waals surface area contributed by atoms with Gasteiger partial charge in [-0.1, -0.05) is 135 Å². The second kappa shape index (κ2) is 8.44. The zero-order valence-electron chi connectivity index (χ0n) is 23.7. The highest BCUT2D eigenvalue weighted by Gasteiger charge is 2.35. The number of hydrogen-bond acceptors (Lipinski definition) is 0. The summed E-state index contributed by atoms with van der Waals surface area (Å²) >= 11 is 0. The van der Waals surface area contributed by atoms with E-state index in [1.165, 1.54) is 82.4 Å². The normalized spacial score (nSPS) is 13.7. The molecule has 0 unspecified atom stereocenters. The van der Waals surface area contributed by atoms with E-state index in [0.29, 0.717) is 0 Å². The van der Waals surface area contributed by atoms with Gasteiger partial charge >= 0.3 is 0 Å². The number of hydrogen-bond donors (Lipinski definition) is 0. The van der Waals surface area contributed by atoms with Crippen molar-refractivity contribution in [3.05, 3.63) is 151 Å². The maximum atomic E-state index is 2.56. The Kier molecular flexibility index (Phi) is 4.73. The molecule has 1 nitrogen and oxygen atoms in total. The molecule has 1 aliphatic rings. The fourth-order valence-electron chi connectivity index (χ4n) is 7.60. The maximum Gasteiger partial charge on any atom is 0.0626 e. The van der Waals surface area contributed by atoms with Crippen molar-refractivity contribution in [2.75, 3.05) is 0 Å². The third-order valence-electron chi connectivity index (χ3n) is 9.53. The van der Waals surface area contributed by atoms with E-state index in [4.69, 9.17) is 0 Å². The highest BCUT2D eigenvalue weighted by molar-refractivity contribution is 6.26. The van der Waals surface area contributed by atoms with Crippen molar-refractivity contribution in [2.45, 2.75) is 19.3 Å². The summed E-state index contributed by atoms with van der Waals surface area (Å²) in [6.45, 7) is 4.75. The van der Waals surface area contributed by atoms with Gasteiger partial charge in [0.15, 0.2) is 0 Å². The highest BCUT2D eigenvalue weighted by atomic mass is 15.0. The molecule has 0 saturated carbocycles. The summed E-state index contributed by atoms with van der Waals surface area (Å²) in [5, 5.41) is 7.81. The molecule has 8 aromatic rings. The first-order valence-corrected chi connectivity index (χ1v) is 14.8. The molecule has 1 aliphatic carbocycles. The van der Waals surface area contributed by atoms with E-state index in [1.807, 2.05) is 0 Å². The van der Waals surface area contributed by atoms with Gasteiger partial charge in [0.2, 0.25) is 0 Å². The fourth-order valence-corrected chi connectivity index (χ4v) is 7.60. The third-order valence-corrected chi connectivity index (χ3v) is 9.53. The number of nitrogens with zero attached hydrogens (tertiary/aromatic N) is 1. The molecule has 7 aromatic carbocycles. The molecule has 9 rings (SSSR count). The lowest BCUT2D eigenvalue weighted by Crippen LogP contribution is -2.23.